The Morgan fingerprint density at radius 1 is 0.611 bits per heavy atom. The van der Waals surface area contributed by atoms with E-state index in [1.54, 1.807) is 12.2 Å². The van der Waals surface area contributed by atoms with Crippen molar-refractivity contribution in [3.05, 3.63) is 35.5 Å². The van der Waals surface area contributed by atoms with E-state index in [-0.39, 0.29) is 0 Å². The van der Waals surface area contributed by atoms with Crippen LogP contribution in [0.1, 0.15) is 0 Å². The predicted octanol–water partition coefficient (Wildman–Crippen LogP) is 4.03. The smallest absolute Gasteiger partial charge is 0.166 e. The maximum atomic E-state index is 12.9. The minimum absolute atomic E-state index is 0.428. The van der Waals surface area contributed by atoms with Crippen molar-refractivity contribution in [2.24, 2.45) is 23.7 Å². The predicted molar refractivity (Wildman–Crippen MR) is 51.4 cm³/mol. The highest BCUT2D eigenvalue weighted by molar-refractivity contribution is 5.46. The molecule has 18 heavy (non-hydrogen) atoms. The highest BCUT2D eigenvalue weighted by atomic mass is 19.4. The van der Waals surface area contributed by atoms with E-state index in [9.17, 15) is 26.3 Å². The van der Waals surface area contributed by atoms with Crippen molar-refractivity contribution >= 4 is 0 Å². The molecule has 0 saturated heterocycles. The van der Waals surface area contributed by atoms with Crippen LogP contribution in [0.3, 0.4) is 0 Å². The van der Waals surface area contributed by atoms with Crippen LogP contribution in [-0.4, -0.2) is 12.4 Å². The first-order chi connectivity index (χ1) is 8.21. The van der Waals surface area contributed by atoms with Crippen LogP contribution in [0.25, 0.3) is 0 Å². The monoisotopic (exact) mass is 266 g/mol. The summed E-state index contributed by atoms with van der Waals surface area (Å²) in [5.41, 5.74) is -2.79. The maximum Gasteiger partial charge on any atom is 0.413 e. The summed E-state index contributed by atoms with van der Waals surface area (Å²) in [6, 6.07) is 0. The second-order valence-corrected chi connectivity index (χ2v) is 4.80. The third kappa shape index (κ3) is 1.40. The lowest BCUT2D eigenvalue weighted by Crippen LogP contribution is -2.47. The fourth-order valence-corrected chi connectivity index (χ4v) is 3.20. The maximum absolute atomic E-state index is 12.9. The number of allylic oxidation sites excluding steroid dienone is 6. The molecule has 4 unspecified atom stereocenters. The van der Waals surface area contributed by atoms with E-state index in [2.05, 4.69) is 0 Å². The van der Waals surface area contributed by atoms with Crippen molar-refractivity contribution in [2.75, 3.05) is 0 Å². The van der Waals surface area contributed by atoms with Gasteiger partial charge < -0.3 is 0 Å². The van der Waals surface area contributed by atoms with Crippen molar-refractivity contribution in [3.63, 3.8) is 0 Å². The van der Waals surface area contributed by atoms with Gasteiger partial charge >= 0.3 is 12.4 Å². The summed E-state index contributed by atoms with van der Waals surface area (Å²) < 4.78 is 77.3. The van der Waals surface area contributed by atoms with Crippen LogP contribution < -0.4 is 0 Å². The Labute approximate surface area is 98.7 Å². The van der Waals surface area contributed by atoms with Gasteiger partial charge in [-0.05, 0) is 11.8 Å². The van der Waals surface area contributed by atoms with Crippen molar-refractivity contribution in [1.82, 2.24) is 0 Å². The van der Waals surface area contributed by atoms with Crippen LogP contribution >= 0.6 is 0 Å². The van der Waals surface area contributed by atoms with Crippen LogP contribution in [0.5, 0.6) is 0 Å². The molecule has 0 aromatic heterocycles. The molecule has 0 heterocycles. The fourth-order valence-electron chi connectivity index (χ4n) is 3.20. The van der Waals surface area contributed by atoms with Crippen molar-refractivity contribution in [2.45, 2.75) is 12.4 Å². The molecule has 0 aliphatic heterocycles. The van der Waals surface area contributed by atoms with E-state index < -0.39 is 47.2 Å². The second kappa shape index (κ2) is 3.22. The average Bonchev–Trinajstić information content (AvgIpc) is 2.12. The number of alkyl halides is 6. The summed E-state index contributed by atoms with van der Waals surface area (Å²) >= 11 is 0. The van der Waals surface area contributed by atoms with Gasteiger partial charge in [-0.25, -0.2) is 0 Å². The van der Waals surface area contributed by atoms with Gasteiger partial charge in [-0.3, -0.25) is 0 Å². The zero-order valence-corrected chi connectivity index (χ0v) is 8.89. The molecule has 4 aliphatic carbocycles. The highest BCUT2D eigenvalue weighted by Crippen LogP contribution is 2.59. The zero-order chi connectivity index (χ0) is 13.3. The molecule has 0 fully saturated rings. The lowest BCUT2D eigenvalue weighted by atomic mass is 9.55. The topological polar surface area (TPSA) is 0 Å². The van der Waals surface area contributed by atoms with Crippen LogP contribution in [0.2, 0.25) is 0 Å². The molecular weight excluding hydrogens is 258 g/mol. The van der Waals surface area contributed by atoms with Gasteiger partial charge in [0.2, 0.25) is 0 Å². The largest absolute Gasteiger partial charge is 0.413 e. The number of hydrogen-bond acceptors (Lipinski definition) is 0. The molecule has 0 nitrogen and oxygen atoms in total. The fraction of sp³-hybridized carbons (Fsp3) is 0.500. The SMILES string of the molecule is FC(F)(F)C1=C(C(F)(F)F)C2C=CC1C1C=CC21. The van der Waals surface area contributed by atoms with Crippen LogP contribution in [-0.2, 0) is 0 Å². The lowest BCUT2D eigenvalue weighted by Gasteiger charge is -2.49. The van der Waals surface area contributed by atoms with E-state index in [0.717, 1.165) is 0 Å². The quantitative estimate of drug-likeness (QED) is 0.459. The minimum atomic E-state index is -4.92. The first-order valence-corrected chi connectivity index (χ1v) is 5.46. The van der Waals surface area contributed by atoms with Crippen LogP contribution in [0, 0.1) is 23.7 Å². The highest BCUT2D eigenvalue weighted by Gasteiger charge is 2.59. The number of rotatable bonds is 0. The zero-order valence-electron chi connectivity index (χ0n) is 8.89. The molecule has 0 saturated carbocycles. The first-order valence-electron chi connectivity index (χ1n) is 5.46. The molecular formula is C12H8F6. The molecule has 0 radical (unpaired) electrons. The number of halogens is 6. The lowest BCUT2D eigenvalue weighted by molar-refractivity contribution is -0.133. The molecule has 0 spiro atoms. The molecule has 2 bridgehead atoms. The summed E-state index contributed by atoms with van der Waals surface area (Å²) in [5.74, 6) is -3.21. The third-order valence-corrected chi connectivity index (χ3v) is 3.92. The Morgan fingerprint density at radius 3 is 1.17 bits per heavy atom. The summed E-state index contributed by atoms with van der Waals surface area (Å²) in [6.45, 7) is 0. The van der Waals surface area contributed by atoms with E-state index in [4.69, 9.17) is 0 Å². The Kier molecular flexibility index (Phi) is 2.12. The van der Waals surface area contributed by atoms with Gasteiger partial charge in [-0.1, -0.05) is 24.3 Å². The van der Waals surface area contributed by atoms with Gasteiger partial charge in [0, 0.05) is 23.0 Å². The summed E-state index contributed by atoms with van der Waals surface area (Å²) in [7, 11) is 0. The molecule has 6 heteroatoms. The minimum Gasteiger partial charge on any atom is -0.166 e. The summed E-state index contributed by atoms with van der Waals surface area (Å²) in [4.78, 5) is 0. The van der Waals surface area contributed by atoms with Crippen LogP contribution in [0.15, 0.2) is 35.5 Å². The van der Waals surface area contributed by atoms with Gasteiger partial charge in [-0.2, -0.15) is 26.3 Å². The van der Waals surface area contributed by atoms with E-state index in [0.29, 0.717) is 0 Å². The van der Waals surface area contributed by atoms with Crippen LogP contribution in [0.4, 0.5) is 26.3 Å². The summed E-state index contributed by atoms with van der Waals surface area (Å²) in [6.07, 6.45) is -4.16. The van der Waals surface area contributed by atoms with E-state index in [1.807, 2.05) is 0 Å². The standard InChI is InChI=1S/C12H8F6/c13-11(14,15)9-7-3-4-8(6-2-1-5(6)7)10(9)12(16,17)18/h1-8H. The Morgan fingerprint density at radius 2 is 0.944 bits per heavy atom. The molecule has 0 N–H and O–H groups in total. The Hall–Kier alpha value is -1.20. The Balaban J connectivity index is 2.18. The normalized spacial score (nSPS) is 37.9. The van der Waals surface area contributed by atoms with Crippen molar-refractivity contribution < 1.29 is 26.3 Å². The average molecular weight is 266 g/mol. The van der Waals surface area contributed by atoms with Crippen molar-refractivity contribution in [1.29, 1.82) is 0 Å². The van der Waals surface area contributed by atoms with Crippen molar-refractivity contribution in [3.8, 4) is 0 Å². The van der Waals surface area contributed by atoms with E-state index in [1.165, 1.54) is 12.2 Å². The van der Waals surface area contributed by atoms with Gasteiger partial charge in [0.25, 0.3) is 0 Å². The molecule has 0 amide bonds. The van der Waals surface area contributed by atoms with Gasteiger partial charge in [0.05, 0.1) is 0 Å². The molecule has 4 rings (SSSR count). The first kappa shape index (κ1) is 11.9. The third-order valence-electron chi connectivity index (χ3n) is 3.92. The number of hydrogen-bond donors (Lipinski definition) is 0. The van der Waals surface area contributed by atoms with Gasteiger partial charge in [0.15, 0.2) is 0 Å². The molecule has 4 aliphatic rings. The molecule has 0 aromatic carbocycles. The molecule has 98 valence electrons. The molecule has 0 aromatic rings. The summed E-state index contributed by atoms with van der Waals surface area (Å²) in [5, 5.41) is 0. The Bertz CT molecular complexity index is 434. The van der Waals surface area contributed by atoms with Gasteiger partial charge in [0.1, 0.15) is 0 Å². The second-order valence-electron chi connectivity index (χ2n) is 4.80. The van der Waals surface area contributed by atoms with E-state index >= 15 is 0 Å². The van der Waals surface area contributed by atoms with Gasteiger partial charge in [-0.15, -0.1) is 0 Å². The molecule has 4 atom stereocenters.